The van der Waals surface area contributed by atoms with Gasteiger partial charge in [-0.1, -0.05) is 20.8 Å². The van der Waals surface area contributed by atoms with E-state index in [9.17, 15) is 9.59 Å². The molecule has 1 fully saturated rings. The van der Waals surface area contributed by atoms with E-state index in [4.69, 9.17) is 9.47 Å². The minimum atomic E-state index is -0.362. The summed E-state index contributed by atoms with van der Waals surface area (Å²) in [5.41, 5.74) is -0.204. The summed E-state index contributed by atoms with van der Waals surface area (Å²) >= 11 is 0. The molecule has 6 nitrogen and oxygen atoms in total. The third kappa shape index (κ3) is 6.59. The lowest BCUT2D eigenvalue weighted by Crippen LogP contribution is -2.51. The number of hydrogen-bond acceptors (Lipinski definition) is 4. The predicted molar refractivity (Wildman–Crippen MR) is 98.3 cm³/mol. The molecule has 0 radical (unpaired) electrons. The summed E-state index contributed by atoms with van der Waals surface area (Å²) in [6.07, 6.45) is 3.37. The van der Waals surface area contributed by atoms with Crippen LogP contribution in [-0.2, 0) is 19.1 Å². The number of carbonyl (C=O) groups is 2. The fourth-order valence-electron chi connectivity index (χ4n) is 3.31. The molecule has 146 valence electrons. The van der Waals surface area contributed by atoms with Gasteiger partial charge in [-0.05, 0) is 38.0 Å². The second kappa shape index (κ2) is 10.1. The third-order valence-corrected chi connectivity index (χ3v) is 4.89. The number of nitrogens with zero attached hydrogens (tertiary/aromatic N) is 1. The lowest BCUT2D eigenvalue weighted by Gasteiger charge is -2.34. The molecule has 0 saturated carbocycles. The van der Waals surface area contributed by atoms with Crippen molar-refractivity contribution in [2.75, 3.05) is 34.0 Å². The van der Waals surface area contributed by atoms with Crippen molar-refractivity contribution >= 4 is 11.8 Å². The summed E-state index contributed by atoms with van der Waals surface area (Å²) in [7, 11) is 3.29. The molecule has 1 aliphatic heterocycles. The Morgan fingerprint density at radius 1 is 1.24 bits per heavy atom. The van der Waals surface area contributed by atoms with Gasteiger partial charge in [-0.25, -0.2) is 0 Å². The lowest BCUT2D eigenvalue weighted by molar-refractivity contribution is -0.146. The summed E-state index contributed by atoms with van der Waals surface area (Å²) in [5.74, 6) is -0.259. The van der Waals surface area contributed by atoms with E-state index in [1.807, 2.05) is 27.7 Å². The zero-order chi connectivity index (χ0) is 19.0. The number of likely N-dealkylation sites (tertiary alicyclic amines) is 1. The van der Waals surface area contributed by atoms with E-state index < -0.39 is 0 Å². The van der Waals surface area contributed by atoms with Crippen LogP contribution < -0.4 is 5.32 Å². The molecule has 2 amide bonds. The van der Waals surface area contributed by atoms with Gasteiger partial charge in [0, 0.05) is 33.4 Å². The first-order valence-corrected chi connectivity index (χ1v) is 9.31. The average Bonchev–Trinajstić information content (AvgIpc) is 3.00. The fourth-order valence-corrected chi connectivity index (χ4v) is 3.31. The SMILES string of the molecule is COCCCC(C)NC(=O)C1CCCN1C(=O)C(COC)C(C)(C)C. The van der Waals surface area contributed by atoms with Crippen LogP contribution in [0.15, 0.2) is 0 Å². The van der Waals surface area contributed by atoms with Gasteiger partial charge in [0.1, 0.15) is 6.04 Å². The molecule has 1 N–H and O–H groups in total. The summed E-state index contributed by atoms with van der Waals surface area (Å²) in [6.45, 7) is 9.83. The Kier molecular flexibility index (Phi) is 8.86. The van der Waals surface area contributed by atoms with Gasteiger partial charge in [0.2, 0.25) is 11.8 Å². The van der Waals surface area contributed by atoms with Gasteiger partial charge in [-0.15, -0.1) is 0 Å². The smallest absolute Gasteiger partial charge is 0.243 e. The van der Waals surface area contributed by atoms with Crippen LogP contribution in [0.4, 0.5) is 0 Å². The first kappa shape index (κ1) is 21.9. The summed E-state index contributed by atoms with van der Waals surface area (Å²) in [6, 6.07) is -0.281. The monoisotopic (exact) mass is 356 g/mol. The van der Waals surface area contributed by atoms with Crippen molar-refractivity contribution in [2.45, 2.75) is 65.5 Å². The maximum Gasteiger partial charge on any atom is 0.243 e. The topological polar surface area (TPSA) is 67.9 Å². The molecule has 0 aromatic carbocycles. The molecule has 1 aliphatic rings. The maximum absolute atomic E-state index is 13.0. The number of carbonyl (C=O) groups excluding carboxylic acids is 2. The van der Waals surface area contributed by atoms with Crippen molar-refractivity contribution in [3.05, 3.63) is 0 Å². The molecule has 0 aromatic heterocycles. The first-order chi connectivity index (χ1) is 11.7. The minimum absolute atomic E-state index is 0.0269. The highest BCUT2D eigenvalue weighted by atomic mass is 16.5. The van der Waals surface area contributed by atoms with Crippen LogP contribution in [0.3, 0.4) is 0 Å². The zero-order valence-electron chi connectivity index (χ0n) is 16.8. The van der Waals surface area contributed by atoms with E-state index >= 15 is 0 Å². The van der Waals surface area contributed by atoms with Crippen LogP contribution in [0, 0.1) is 11.3 Å². The third-order valence-electron chi connectivity index (χ3n) is 4.89. The Bertz CT molecular complexity index is 434. The Morgan fingerprint density at radius 2 is 1.92 bits per heavy atom. The molecule has 0 aromatic rings. The Hall–Kier alpha value is -1.14. The van der Waals surface area contributed by atoms with Gasteiger partial charge in [-0.2, -0.15) is 0 Å². The predicted octanol–water partition coefficient (Wildman–Crippen LogP) is 2.22. The van der Waals surface area contributed by atoms with Gasteiger partial charge in [0.25, 0.3) is 0 Å². The summed E-state index contributed by atoms with van der Waals surface area (Å²) in [5, 5.41) is 3.06. The van der Waals surface area contributed by atoms with Crippen LogP contribution in [0.5, 0.6) is 0 Å². The number of amides is 2. The highest BCUT2D eigenvalue weighted by molar-refractivity contribution is 5.89. The molecule has 25 heavy (non-hydrogen) atoms. The van der Waals surface area contributed by atoms with E-state index in [2.05, 4.69) is 5.32 Å². The van der Waals surface area contributed by atoms with Gasteiger partial charge in [0.15, 0.2) is 0 Å². The molecule has 3 unspecified atom stereocenters. The Morgan fingerprint density at radius 3 is 2.48 bits per heavy atom. The van der Waals surface area contributed by atoms with Gasteiger partial charge >= 0.3 is 0 Å². The number of nitrogens with one attached hydrogen (secondary N) is 1. The largest absolute Gasteiger partial charge is 0.385 e. The van der Waals surface area contributed by atoms with Gasteiger partial charge in [0.05, 0.1) is 12.5 Å². The molecule has 0 aliphatic carbocycles. The van der Waals surface area contributed by atoms with Crippen LogP contribution in [0.25, 0.3) is 0 Å². The minimum Gasteiger partial charge on any atom is -0.385 e. The molecule has 0 spiro atoms. The normalized spacial score (nSPS) is 20.4. The van der Waals surface area contributed by atoms with Crippen LogP contribution >= 0.6 is 0 Å². The number of hydrogen-bond donors (Lipinski definition) is 1. The number of ether oxygens (including phenoxy) is 2. The molecule has 0 bridgehead atoms. The standard InChI is InChI=1S/C19H36N2O4/c1-14(9-8-12-24-5)20-17(22)16-10-7-11-21(16)18(23)15(13-25-6)19(2,3)4/h14-16H,7-13H2,1-6H3,(H,20,22). The second-order valence-electron chi connectivity index (χ2n) is 8.11. The Balaban J connectivity index is 2.70. The molecule has 3 atom stereocenters. The van der Waals surface area contributed by atoms with Gasteiger partial charge < -0.3 is 19.7 Å². The fraction of sp³-hybridized carbons (Fsp3) is 0.895. The van der Waals surface area contributed by atoms with E-state index in [1.165, 1.54) is 0 Å². The van der Waals surface area contributed by atoms with Crippen molar-refractivity contribution in [1.29, 1.82) is 0 Å². The summed E-state index contributed by atoms with van der Waals surface area (Å²) < 4.78 is 10.3. The maximum atomic E-state index is 13.0. The molecule has 6 heteroatoms. The highest BCUT2D eigenvalue weighted by Crippen LogP contribution is 2.31. The van der Waals surface area contributed by atoms with Crippen molar-refractivity contribution in [3.63, 3.8) is 0 Å². The van der Waals surface area contributed by atoms with E-state index in [1.54, 1.807) is 19.1 Å². The summed E-state index contributed by atoms with van der Waals surface area (Å²) in [4.78, 5) is 27.5. The van der Waals surface area contributed by atoms with Crippen molar-refractivity contribution in [1.82, 2.24) is 10.2 Å². The van der Waals surface area contributed by atoms with Crippen LogP contribution in [0.1, 0.15) is 53.4 Å². The molecule has 1 saturated heterocycles. The van der Waals surface area contributed by atoms with Crippen LogP contribution in [0.2, 0.25) is 0 Å². The van der Waals surface area contributed by atoms with Crippen LogP contribution in [-0.4, -0.2) is 62.8 Å². The molecular weight excluding hydrogens is 320 g/mol. The van der Waals surface area contributed by atoms with E-state index in [-0.39, 0.29) is 35.2 Å². The van der Waals surface area contributed by atoms with Crippen molar-refractivity contribution in [3.8, 4) is 0 Å². The second-order valence-corrected chi connectivity index (χ2v) is 8.11. The quantitative estimate of drug-likeness (QED) is 0.643. The number of methoxy groups -OCH3 is 2. The number of rotatable bonds is 9. The molecule has 1 rings (SSSR count). The molecule has 1 heterocycles. The van der Waals surface area contributed by atoms with Gasteiger partial charge in [-0.3, -0.25) is 9.59 Å². The van der Waals surface area contributed by atoms with Crippen molar-refractivity contribution < 1.29 is 19.1 Å². The first-order valence-electron chi connectivity index (χ1n) is 9.31. The molecular formula is C19H36N2O4. The highest BCUT2D eigenvalue weighted by Gasteiger charge is 2.41. The van der Waals surface area contributed by atoms with E-state index in [0.717, 1.165) is 25.7 Å². The van der Waals surface area contributed by atoms with E-state index in [0.29, 0.717) is 19.8 Å². The average molecular weight is 357 g/mol. The lowest BCUT2D eigenvalue weighted by atomic mass is 9.80. The zero-order valence-corrected chi connectivity index (χ0v) is 16.8. The Labute approximate surface area is 152 Å². The van der Waals surface area contributed by atoms with Crippen molar-refractivity contribution in [2.24, 2.45) is 11.3 Å².